The molecule has 0 fully saturated rings. The molecular weight excluding hydrogens is 691 g/mol. The number of allylic oxidation sites excluding steroid dienone is 1. The van der Waals surface area contributed by atoms with E-state index in [-0.39, 0.29) is 0 Å². The molecule has 3 heteroatoms. The van der Waals surface area contributed by atoms with Crippen molar-refractivity contribution in [3.63, 3.8) is 0 Å². The van der Waals surface area contributed by atoms with Crippen LogP contribution in [0.5, 0.6) is 0 Å². The van der Waals surface area contributed by atoms with Crippen molar-refractivity contribution in [2.75, 3.05) is 0 Å². The normalized spacial score (nSPS) is 13.9. The highest BCUT2D eigenvalue weighted by molar-refractivity contribution is 6.09. The summed E-state index contributed by atoms with van der Waals surface area (Å²) in [6.45, 7) is 4.01. The first kappa shape index (κ1) is 33.0. The lowest BCUT2D eigenvalue weighted by Gasteiger charge is -2.33. The lowest BCUT2D eigenvalue weighted by molar-refractivity contribution is 0.740. The Morgan fingerprint density at radius 1 is 0.491 bits per heavy atom. The Kier molecular flexibility index (Phi) is 7.61. The monoisotopic (exact) mass is 727 g/mol. The van der Waals surface area contributed by atoms with Gasteiger partial charge in [0.25, 0.3) is 0 Å². The van der Waals surface area contributed by atoms with E-state index in [9.17, 15) is 0 Å². The highest BCUT2D eigenvalue weighted by atomic mass is 15.0. The molecule has 1 heterocycles. The molecule has 2 aliphatic rings. The van der Waals surface area contributed by atoms with Crippen molar-refractivity contribution in [2.45, 2.75) is 11.8 Å². The maximum Gasteiger partial charge on any atom is 0.159 e. The Labute approximate surface area is 332 Å². The fourth-order valence-electron chi connectivity index (χ4n) is 9.63. The van der Waals surface area contributed by atoms with Crippen LogP contribution in [0.4, 0.5) is 0 Å². The number of amidine groups is 1. The third kappa shape index (κ3) is 4.99. The summed E-state index contributed by atoms with van der Waals surface area (Å²) in [6.07, 6.45) is 0.721. The van der Waals surface area contributed by atoms with Gasteiger partial charge >= 0.3 is 0 Å². The summed E-state index contributed by atoms with van der Waals surface area (Å²) >= 11 is 0. The van der Waals surface area contributed by atoms with Crippen LogP contribution < -0.4 is 0 Å². The van der Waals surface area contributed by atoms with Gasteiger partial charge in [0.1, 0.15) is 0 Å². The molecule has 2 aliphatic carbocycles. The Balaban J connectivity index is 1.15. The molecule has 1 spiro atoms. The summed E-state index contributed by atoms with van der Waals surface area (Å²) in [5, 5.41) is 2.52. The second-order valence-corrected chi connectivity index (χ2v) is 15.0. The van der Waals surface area contributed by atoms with Crippen LogP contribution in [0.2, 0.25) is 0 Å². The number of benzene rings is 8. The molecule has 0 amide bonds. The molecule has 0 radical (unpaired) electrons. The molecule has 0 unspecified atom stereocenters. The zero-order valence-electron chi connectivity index (χ0n) is 31.3. The topological polar surface area (TPSA) is 29.6 Å². The molecule has 3 nitrogen and oxygen atoms in total. The molecule has 57 heavy (non-hydrogen) atoms. The molecule has 11 rings (SSSR count). The van der Waals surface area contributed by atoms with Crippen LogP contribution in [0.25, 0.3) is 55.4 Å². The second-order valence-electron chi connectivity index (χ2n) is 15.0. The van der Waals surface area contributed by atoms with Gasteiger partial charge in [-0.25, -0.2) is 9.98 Å². The lowest BCUT2D eigenvalue weighted by Crippen LogP contribution is -2.28. The van der Waals surface area contributed by atoms with E-state index >= 15 is 0 Å². The van der Waals surface area contributed by atoms with Gasteiger partial charge in [0, 0.05) is 27.6 Å². The molecule has 0 bridgehead atoms. The van der Waals surface area contributed by atoms with Gasteiger partial charge < -0.3 is 4.57 Å². The molecule has 268 valence electrons. The second kappa shape index (κ2) is 13.1. The van der Waals surface area contributed by atoms with Crippen LogP contribution >= 0.6 is 0 Å². The van der Waals surface area contributed by atoms with Crippen LogP contribution in [0.3, 0.4) is 0 Å². The van der Waals surface area contributed by atoms with Crippen molar-refractivity contribution in [3.8, 4) is 27.9 Å². The predicted molar refractivity (Wildman–Crippen MR) is 238 cm³/mol. The third-order valence-electron chi connectivity index (χ3n) is 12.0. The van der Waals surface area contributed by atoms with Crippen molar-refractivity contribution in [2.24, 2.45) is 9.98 Å². The van der Waals surface area contributed by atoms with Crippen molar-refractivity contribution in [1.82, 2.24) is 4.57 Å². The number of aromatic nitrogens is 1. The summed E-state index contributed by atoms with van der Waals surface area (Å²) in [4.78, 5) is 10.0. The van der Waals surface area contributed by atoms with E-state index in [0.717, 1.165) is 40.1 Å². The molecule has 0 atom stereocenters. The summed E-state index contributed by atoms with van der Waals surface area (Å²) in [5.74, 6) is 0.614. The van der Waals surface area contributed by atoms with Crippen molar-refractivity contribution < 1.29 is 0 Å². The largest absolute Gasteiger partial charge is 0.309 e. The highest BCUT2D eigenvalue weighted by Gasteiger charge is 2.53. The van der Waals surface area contributed by atoms with Gasteiger partial charge in [-0.05, 0) is 93.6 Å². The van der Waals surface area contributed by atoms with Crippen molar-refractivity contribution >= 4 is 40.1 Å². The van der Waals surface area contributed by atoms with E-state index < -0.39 is 5.41 Å². The van der Waals surface area contributed by atoms with Crippen LogP contribution in [-0.2, 0) is 11.8 Å². The minimum atomic E-state index is -0.570. The molecule has 9 aromatic rings. The quantitative estimate of drug-likeness (QED) is 0.121. The minimum absolute atomic E-state index is 0.570. The molecule has 0 N–H and O–H groups in total. The summed E-state index contributed by atoms with van der Waals surface area (Å²) in [6, 6.07) is 72.3. The van der Waals surface area contributed by atoms with Gasteiger partial charge in [0.2, 0.25) is 0 Å². The highest BCUT2D eigenvalue weighted by Crippen LogP contribution is 2.63. The molecule has 1 aromatic heterocycles. The number of nitrogens with zero attached hydrogens (tertiary/aromatic N) is 3. The molecule has 0 saturated carbocycles. The number of aliphatic imine (C=N–C) groups is 2. The number of hydrogen-bond acceptors (Lipinski definition) is 1. The third-order valence-corrected chi connectivity index (χ3v) is 12.0. The Hall–Kier alpha value is -7.36. The standard InChI is InChI=1S/C54H37N3/c1-55-53(38-18-6-3-7-19-38)56-52-45-33-30-39(37-28-31-40(32-29-37)57-50-26-14-10-22-43(50)44-23-11-15-27-51(44)57)35-48(45)54(49(52)34-36-16-4-2-5-17-36)46-24-12-8-20-41(46)42-21-9-13-25-47(42)54/h2-33,35H,1,34H2. The Morgan fingerprint density at radius 2 is 1.04 bits per heavy atom. The van der Waals surface area contributed by atoms with E-state index in [1.54, 1.807) is 0 Å². The number of para-hydroxylation sites is 2. The molecular formula is C54H37N3. The van der Waals surface area contributed by atoms with Crippen LogP contribution in [-0.4, -0.2) is 17.1 Å². The smallest absolute Gasteiger partial charge is 0.159 e. The predicted octanol–water partition coefficient (Wildman–Crippen LogP) is 12.9. The number of hydrogen-bond donors (Lipinski definition) is 0. The molecule has 8 aromatic carbocycles. The average Bonchev–Trinajstić information content (AvgIpc) is 3.87. The van der Waals surface area contributed by atoms with Gasteiger partial charge in [-0.15, -0.1) is 0 Å². The van der Waals surface area contributed by atoms with Crippen LogP contribution in [0.1, 0.15) is 33.4 Å². The van der Waals surface area contributed by atoms with Gasteiger partial charge in [-0.2, -0.15) is 0 Å². The van der Waals surface area contributed by atoms with Crippen LogP contribution in [0, 0.1) is 0 Å². The lowest BCUT2D eigenvalue weighted by atomic mass is 9.68. The SMILES string of the molecule is C=NC(=NC1=C(Cc2ccccc2)C2(c3cc(-c4ccc(-n5c6ccccc6c6ccccc65)cc4)ccc31)c1ccccc1-c1ccccc12)c1ccccc1. The first-order valence-electron chi connectivity index (χ1n) is 19.6. The number of fused-ring (bicyclic) bond motifs is 10. The zero-order valence-corrected chi connectivity index (χ0v) is 31.3. The fraction of sp³-hybridized carbons (Fsp3) is 0.0370. The van der Waals surface area contributed by atoms with E-state index in [1.807, 2.05) is 18.2 Å². The summed E-state index contributed by atoms with van der Waals surface area (Å²) in [5.41, 5.74) is 17.2. The van der Waals surface area contributed by atoms with Crippen molar-refractivity contribution in [3.05, 3.63) is 239 Å². The Bertz CT molecular complexity index is 2990. The maximum absolute atomic E-state index is 5.50. The van der Waals surface area contributed by atoms with Gasteiger partial charge in [0.05, 0.1) is 22.1 Å². The average molecular weight is 728 g/mol. The Morgan fingerprint density at radius 3 is 1.67 bits per heavy atom. The minimum Gasteiger partial charge on any atom is -0.309 e. The summed E-state index contributed by atoms with van der Waals surface area (Å²) < 4.78 is 2.38. The van der Waals surface area contributed by atoms with Crippen molar-refractivity contribution in [1.29, 1.82) is 0 Å². The van der Waals surface area contributed by atoms with Crippen LogP contribution in [0.15, 0.2) is 216 Å². The molecule has 0 saturated heterocycles. The first-order chi connectivity index (χ1) is 28.2. The molecule has 0 aliphatic heterocycles. The van der Waals surface area contributed by atoms with E-state index in [2.05, 4.69) is 198 Å². The van der Waals surface area contributed by atoms with Gasteiger partial charge in [-0.3, -0.25) is 0 Å². The first-order valence-corrected chi connectivity index (χ1v) is 19.6. The maximum atomic E-state index is 5.50. The van der Waals surface area contributed by atoms with Gasteiger partial charge in [0.15, 0.2) is 5.84 Å². The summed E-state index contributed by atoms with van der Waals surface area (Å²) in [7, 11) is 0. The van der Waals surface area contributed by atoms with E-state index in [4.69, 9.17) is 4.99 Å². The number of rotatable bonds is 6. The zero-order chi connectivity index (χ0) is 37.9. The van der Waals surface area contributed by atoms with E-state index in [0.29, 0.717) is 5.84 Å². The van der Waals surface area contributed by atoms with Gasteiger partial charge in [-0.1, -0.05) is 170 Å². The fourth-order valence-corrected chi connectivity index (χ4v) is 9.63. The van der Waals surface area contributed by atoms with E-state index in [1.165, 1.54) is 60.8 Å².